The second-order valence-corrected chi connectivity index (χ2v) is 7.23. The standard InChI is InChI=1S/C12H24N4O2S/c1-5-15-7-11(14-10-15)19(17,18)16(6-2)9-12(3,4)8-13/h7,10H,5-6,8-9,13H2,1-4H3. The molecule has 7 heteroatoms. The van der Waals surface area contributed by atoms with Crippen molar-refractivity contribution in [3.05, 3.63) is 12.5 Å². The quantitative estimate of drug-likeness (QED) is 0.808. The molecule has 0 saturated heterocycles. The number of aryl methyl sites for hydroxylation is 1. The van der Waals surface area contributed by atoms with E-state index in [0.29, 0.717) is 26.2 Å². The molecule has 1 heterocycles. The predicted molar refractivity (Wildman–Crippen MR) is 75.2 cm³/mol. The second kappa shape index (κ2) is 6.02. The van der Waals surface area contributed by atoms with Gasteiger partial charge in [0.1, 0.15) is 0 Å². The predicted octanol–water partition coefficient (Wildman–Crippen LogP) is 0.899. The lowest BCUT2D eigenvalue weighted by atomic mass is 9.94. The zero-order valence-electron chi connectivity index (χ0n) is 12.1. The van der Waals surface area contributed by atoms with E-state index in [0.717, 1.165) is 0 Å². The topological polar surface area (TPSA) is 81.2 Å². The Morgan fingerprint density at radius 2 is 2.05 bits per heavy atom. The zero-order valence-corrected chi connectivity index (χ0v) is 12.9. The lowest BCUT2D eigenvalue weighted by Gasteiger charge is -2.29. The molecule has 0 spiro atoms. The molecule has 0 atom stereocenters. The van der Waals surface area contributed by atoms with Gasteiger partial charge in [-0.3, -0.25) is 0 Å². The Labute approximate surface area is 115 Å². The minimum Gasteiger partial charge on any atom is -0.336 e. The van der Waals surface area contributed by atoms with Crippen LogP contribution in [0.1, 0.15) is 27.7 Å². The molecule has 6 nitrogen and oxygen atoms in total. The SMILES string of the molecule is CCN(CC(C)(C)CN)S(=O)(=O)c1cn(CC)cn1. The normalized spacial score (nSPS) is 13.2. The van der Waals surface area contributed by atoms with E-state index in [1.54, 1.807) is 10.8 Å². The van der Waals surface area contributed by atoms with Crippen molar-refractivity contribution in [1.29, 1.82) is 0 Å². The van der Waals surface area contributed by atoms with Crippen molar-refractivity contribution in [3.8, 4) is 0 Å². The first-order valence-corrected chi connectivity index (χ1v) is 7.93. The number of rotatable bonds is 7. The van der Waals surface area contributed by atoms with Gasteiger partial charge in [-0.2, -0.15) is 4.31 Å². The molecule has 0 aromatic carbocycles. The summed E-state index contributed by atoms with van der Waals surface area (Å²) in [6.45, 7) is 9.59. The number of hydrogen-bond donors (Lipinski definition) is 1. The van der Waals surface area contributed by atoms with Crippen LogP contribution < -0.4 is 5.73 Å². The average molecular weight is 288 g/mol. The maximum atomic E-state index is 12.5. The summed E-state index contributed by atoms with van der Waals surface area (Å²) in [5, 5.41) is 0.101. The van der Waals surface area contributed by atoms with Crippen molar-refractivity contribution in [3.63, 3.8) is 0 Å². The summed E-state index contributed by atoms with van der Waals surface area (Å²) in [6, 6.07) is 0. The van der Waals surface area contributed by atoms with Crippen LogP contribution in [0.25, 0.3) is 0 Å². The van der Waals surface area contributed by atoms with Gasteiger partial charge in [-0.1, -0.05) is 20.8 Å². The summed E-state index contributed by atoms with van der Waals surface area (Å²) in [5.74, 6) is 0. The minimum atomic E-state index is -3.54. The van der Waals surface area contributed by atoms with Crippen LogP contribution in [0.3, 0.4) is 0 Å². The van der Waals surface area contributed by atoms with Gasteiger partial charge in [0, 0.05) is 25.8 Å². The van der Waals surface area contributed by atoms with Gasteiger partial charge >= 0.3 is 0 Å². The molecule has 1 aromatic rings. The summed E-state index contributed by atoms with van der Waals surface area (Å²) >= 11 is 0. The Morgan fingerprint density at radius 1 is 1.42 bits per heavy atom. The van der Waals surface area contributed by atoms with E-state index in [4.69, 9.17) is 5.73 Å². The highest BCUT2D eigenvalue weighted by Gasteiger charge is 2.30. The van der Waals surface area contributed by atoms with E-state index >= 15 is 0 Å². The second-order valence-electron chi connectivity index (χ2n) is 5.34. The van der Waals surface area contributed by atoms with Gasteiger partial charge in [0.2, 0.25) is 0 Å². The molecule has 0 bridgehead atoms. The third kappa shape index (κ3) is 3.77. The third-order valence-electron chi connectivity index (χ3n) is 3.09. The van der Waals surface area contributed by atoms with Crippen molar-refractivity contribution in [2.75, 3.05) is 19.6 Å². The Balaban J connectivity index is 3.02. The summed E-state index contributed by atoms with van der Waals surface area (Å²) in [7, 11) is -3.54. The molecule has 2 N–H and O–H groups in total. The van der Waals surface area contributed by atoms with Gasteiger partial charge in [0.15, 0.2) is 5.03 Å². The number of aromatic nitrogens is 2. The van der Waals surface area contributed by atoms with E-state index in [2.05, 4.69) is 4.98 Å². The van der Waals surface area contributed by atoms with Crippen molar-refractivity contribution in [1.82, 2.24) is 13.9 Å². The Bertz CT molecular complexity index is 508. The Kier molecular flexibility index (Phi) is 5.11. The number of nitrogens with two attached hydrogens (primary N) is 1. The molecule has 110 valence electrons. The number of nitrogens with zero attached hydrogens (tertiary/aromatic N) is 3. The minimum absolute atomic E-state index is 0.101. The van der Waals surface area contributed by atoms with Crippen molar-refractivity contribution in [2.24, 2.45) is 11.1 Å². The highest BCUT2D eigenvalue weighted by atomic mass is 32.2. The van der Waals surface area contributed by atoms with Crippen LogP contribution >= 0.6 is 0 Å². The van der Waals surface area contributed by atoms with E-state index in [1.807, 2.05) is 27.7 Å². The fraction of sp³-hybridized carbons (Fsp3) is 0.750. The summed E-state index contributed by atoms with van der Waals surface area (Å²) < 4.78 is 28.2. The molecule has 0 radical (unpaired) electrons. The molecule has 0 aliphatic heterocycles. The molecule has 0 fully saturated rings. The Hall–Kier alpha value is -0.920. The first-order valence-electron chi connectivity index (χ1n) is 6.49. The fourth-order valence-corrected chi connectivity index (χ4v) is 3.26. The highest BCUT2D eigenvalue weighted by molar-refractivity contribution is 7.89. The van der Waals surface area contributed by atoms with Crippen LogP contribution in [-0.4, -0.2) is 41.9 Å². The van der Waals surface area contributed by atoms with Crippen molar-refractivity contribution in [2.45, 2.75) is 39.3 Å². The number of hydrogen-bond acceptors (Lipinski definition) is 4. The van der Waals surface area contributed by atoms with Crippen LogP contribution in [0.4, 0.5) is 0 Å². The number of imidazole rings is 1. The molecular weight excluding hydrogens is 264 g/mol. The van der Waals surface area contributed by atoms with Crippen LogP contribution in [0.15, 0.2) is 17.6 Å². The monoisotopic (exact) mass is 288 g/mol. The van der Waals surface area contributed by atoms with Crippen molar-refractivity contribution < 1.29 is 8.42 Å². The average Bonchev–Trinajstić information content (AvgIpc) is 2.85. The van der Waals surface area contributed by atoms with Crippen LogP contribution in [0.2, 0.25) is 0 Å². The van der Waals surface area contributed by atoms with Gasteiger partial charge in [-0.05, 0) is 18.9 Å². The fourth-order valence-electron chi connectivity index (χ4n) is 1.69. The number of sulfonamides is 1. The zero-order chi connectivity index (χ0) is 14.7. The van der Waals surface area contributed by atoms with Crippen LogP contribution in [-0.2, 0) is 16.6 Å². The summed E-state index contributed by atoms with van der Waals surface area (Å²) in [6.07, 6.45) is 3.10. The third-order valence-corrected chi connectivity index (χ3v) is 4.90. The maximum absolute atomic E-state index is 12.5. The van der Waals surface area contributed by atoms with Gasteiger partial charge in [-0.25, -0.2) is 13.4 Å². The molecule has 1 rings (SSSR count). The van der Waals surface area contributed by atoms with E-state index in [1.165, 1.54) is 10.6 Å². The smallest absolute Gasteiger partial charge is 0.262 e. The lowest BCUT2D eigenvalue weighted by molar-refractivity contribution is 0.272. The van der Waals surface area contributed by atoms with Gasteiger partial charge in [0.05, 0.1) is 6.33 Å². The molecule has 0 aliphatic carbocycles. The largest absolute Gasteiger partial charge is 0.336 e. The molecular formula is C12H24N4O2S. The summed E-state index contributed by atoms with van der Waals surface area (Å²) in [5.41, 5.74) is 5.42. The molecule has 1 aromatic heterocycles. The first kappa shape index (κ1) is 16.1. The molecule has 0 aliphatic rings. The molecule has 0 saturated carbocycles. The Morgan fingerprint density at radius 3 is 2.47 bits per heavy atom. The highest BCUT2D eigenvalue weighted by Crippen LogP contribution is 2.20. The van der Waals surface area contributed by atoms with E-state index in [9.17, 15) is 8.42 Å². The summed E-state index contributed by atoms with van der Waals surface area (Å²) in [4.78, 5) is 3.99. The van der Waals surface area contributed by atoms with Crippen LogP contribution in [0.5, 0.6) is 0 Å². The van der Waals surface area contributed by atoms with Gasteiger partial charge in [0.25, 0.3) is 10.0 Å². The molecule has 19 heavy (non-hydrogen) atoms. The van der Waals surface area contributed by atoms with Crippen molar-refractivity contribution >= 4 is 10.0 Å². The van der Waals surface area contributed by atoms with Crippen LogP contribution in [0, 0.1) is 5.41 Å². The first-order chi connectivity index (χ1) is 8.76. The molecule has 0 unspecified atom stereocenters. The van der Waals surface area contributed by atoms with E-state index < -0.39 is 10.0 Å². The maximum Gasteiger partial charge on any atom is 0.262 e. The molecule has 0 amide bonds. The van der Waals surface area contributed by atoms with E-state index in [-0.39, 0.29) is 10.4 Å². The van der Waals surface area contributed by atoms with Gasteiger partial charge in [-0.15, -0.1) is 0 Å². The lowest BCUT2D eigenvalue weighted by Crippen LogP contribution is -2.42. The van der Waals surface area contributed by atoms with Gasteiger partial charge < -0.3 is 10.3 Å².